The van der Waals surface area contributed by atoms with E-state index in [1.54, 1.807) is 24.3 Å². The van der Waals surface area contributed by atoms with Crippen molar-refractivity contribution in [2.24, 2.45) is 0 Å². The number of non-ortho nitro benzene ring substituents is 1. The Balaban J connectivity index is 2.25. The second-order valence-electron chi connectivity index (χ2n) is 4.24. The quantitative estimate of drug-likeness (QED) is 0.531. The molecule has 0 heterocycles. The van der Waals surface area contributed by atoms with Gasteiger partial charge in [-0.05, 0) is 23.8 Å². The van der Waals surface area contributed by atoms with Crippen LogP contribution in [-0.2, 0) is 5.88 Å². The first-order valence-corrected chi connectivity index (χ1v) is 6.44. The maximum absolute atomic E-state index is 13.3. The van der Waals surface area contributed by atoms with Crippen molar-refractivity contribution in [3.05, 3.63) is 69.5 Å². The van der Waals surface area contributed by atoms with Gasteiger partial charge in [-0.1, -0.05) is 12.1 Å². The monoisotopic (exact) mass is 308 g/mol. The number of hydrogen-bond acceptors (Lipinski definition) is 3. The lowest BCUT2D eigenvalue weighted by molar-refractivity contribution is -0.385. The van der Waals surface area contributed by atoms with Crippen LogP contribution in [0.25, 0.3) is 0 Å². The van der Waals surface area contributed by atoms with E-state index in [9.17, 15) is 19.3 Å². The zero-order valence-electron chi connectivity index (χ0n) is 10.7. The lowest BCUT2D eigenvalue weighted by Crippen LogP contribution is -2.12. The predicted molar refractivity (Wildman–Crippen MR) is 77.0 cm³/mol. The van der Waals surface area contributed by atoms with E-state index in [0.717, 1.165) is 23.8 Å². The topological polar surface area (TPSA) is 72.2 Å². The molecule has 21 heavy (non-hydrogen) atoms. The van der Waals surface area contributed by atoms with Gasteiger partial charge in [-0.15, -0.1) is 11.6 Å². The highest BCUT2D eigenvalue weighted by Crippen LogP contribution is 2.18. The number of rotatable bonds is 4. The molecule has 0 saturated carbocycles. The number of nitro groups is 1. The second kappa shape index (κ2) is 6.32. The number of benzene rings is 2. The summed E-state index contributed by atoms with van der Waals surface area (Å²) in [5.74, 6) is -1.19. The number of alkyl halides is 1. The molecule has 5 nitrogen and oxygen atoms in total. The Labute approximate surface area is 124 Å². The normalized spacial score (nSPS) is 10.2. The Morgan fingerprint density at radius 1 is 1.29 bits per heavy atom. The van der Waals surface area contributed by atoms with E-state index in [2.05, 4.69) is 5.32 Å². The molecule has 0 unspecified atom stereocenters. The fourth-order valence-electron chi connectivity index (χ4n) is 1.75. The van der Waals surface area contributed by atoms with Gasteiger partial charge in [-0.25, -0.2) is 4.39 Å². The molecule has 0 atom stereocenters. The van der Waals surface area contributed by atoms with Crippen molar-refractivity contribution in [3.8, 4) is 0 Å². The fraction of sp³-hybridized carbons (Fsp3) is 0.0714. The first kappa shape index (κ1) is 14.9. The smallest absolute Gasteiger partial charge is 0.273 e. The van der Waals surface area contributed by atoms with Crippen LogP contribution in [0.1, 0.15) is 15.9 Å². The lowest BCUT2D eigenvalue weighted by atomic mass is 10.1. The zero-order valence-corrected chi connectivity index (χ0v) is 11.4. The van der Waals surface area contributed by atoms with E-state index >= 15 is 0 Å². The molecule has 108 valence electrons. The molecule has 0 aromatic heterocycles. The second-order valence-corrected chi connectivity index (χ2v) is 4.51. The standard InChI is InChI=1S/C14H10ClFN2O3/c15-8-9-2-1-3-12(4-9)17-14(19)10-5-11(16)7-13(6-10)18(20)21/h1-7H,8H2,(H,17,19). The molecule has 1 N–H and O–H groups in total. The van der Waals surface area contributed by atoms with Gasteiger partial charge >= 0.3 is 0 Å². The molecule has 0 aliphatic carbocycles. The van der Waals surface area contributed by atoms with Crippen molar-refractivity contribution >= 4 is 28.9 Å². The molecule has 2 rings (SSSR count). The van der Waals surface area contributed by atoms with Crippen LogP contribution in [0.5, 0.6) is 0 Å². The number of halogens is 2. The van der Waals surface area contributed by atoms with Gasteiger partial charge in [0.25, 0.3) is 11.6 Å². The van der Waals surface area contributed by atoms with E-state index in [1.807, 2.05) is 0 Å². The van der Waals surface area contributed by atoms with Gasteiger partial charge in [-0.3, -0.25) is 14.9 Å². The Bertz CT molecular complexity index is 706. The first-order chi connectivity index (χ1) is 9.99. The zero-order chi connectivity index (χ0) is 15.4. The summed E-state index contributed by atoms with van der Waals surface area (Å²) in [7, 11) is 0. The summed E-state index contributed by atoms with van der Waals surface area (Å²) in [6.45, 7) is 0. The number of anilines is 1. The minimum absolute atomic E-state index is 0.127. The Hall–Kier alpha value is -2.47. The molecule has 0 saturated heterocycles. The Morgan fingerprint density at radius 2 is 2.05 bits per heavy atom. The number of carbonyl (C=O) groups excluding carboxylic acids is 1. The molecule has 2 aromatic rings. The van der Waals surface area contributed by atoms with Crippen LogP contribution in [0.3, 0.4) is 0 Å². The molecule has 0 fully saturated rings. The van der Waals surface area contributed by atoms with Gasteiger partial charge in [0.2, 0.25) is 0 Å². The number of nitrogens with one attached hydrogen (secondary N) is 1. The summed E-state index contributed by atoms with van der Waals surface area (Å²) in [6, 6.07) is 9.51. The van der Waals surface area contributed by atoms with E-state index in [-0.39, 0.29) is 11.4 Å². The summed E-state index contributed by atoms with van der Waals surface area (Å²) < 4.78 is 13.3. The average Bonchev–Trinajstić information content (AvgIpc) is 2.46. The third-order valence-electron chi connectivity index (χ3n) is 2.69. The highest BCUT2D eigenvalue weighted by Gasteiger charge is 2.15. The van der Waals surface area contributed by atoms with E-state index in [0.29, 0.717) is 5.69 Å². The van der Waals surface area contributed by atoms with Gasteiger partial charge in [-0.2, -0.15) is 0 Å². The molecule has 1 amide bonds. The van der Waals surface area contributed by atoms with Crippen molar-refractivity contribution in [3.63, 3.8) is 0 Å². The maximum atomic E-state index is 13.3. The Kier molecular flexibility index (Phi) is 4.49. The number of nitrogens with zero attached hydrogens (tertiary/aromatic N) is 1. The minimum Gasteiger partial charge on any atom is -0.322 e. The van der Waals surface area contributed by atoms with Crippen molar-refractivity contribution in [2.45, 2.75) is 5.88 Å². The maximum Gasteiger partial charge on any atom is 0.273 e. The first-order valence-electron chi connectivity index (χ1n) is 5.91. The van der Waals surface area contributed by atoms with Crippen molar-refractivity contribution in [1.82, 2.24) is 0 Å². The van der Waals surface area contributed by atoms with E-state index in [1.165, 1.54) is 0 Å². The molecular weight excluding hydrogens is 299 g/mol. The van der Waals surface area contributed by atoms with E-state index in [4.69, 9.17) is 11.6 Å². The van der Waals surface area contributed by atoms with Gasteiger partial charge in [0, 0.05) is 23.2 Å². The largest absolute Gasteiger partial charge is 0.322 e. The third-order valence-corrected chi connectivity index (χ3v) is 3.00. The molecule has 0 aliphatic rings. The van der Waals surface area contributed by atoms with Crippen LogP contribution < -0.4 is 5.32 Å². The van der Waals surface area contributed by atoms with Crippen LogP contribution in [0, 0.1) is 15.9 Å². The fourth-order valence-corrected chi connectivity index (χ4v) is 1.91. The highest BCUT2D eigenvalue weighted by molar-refractivity contribution is 6.17. The summed E-state index contributed by atoms with van der Waals surface area (Å²) >= 11 is 5.69. The lowest BCUT2D eigenvalue weighted by Gasteiger charge is -2.06. The summed E-state index contributed by atoms with van der Waals surface area (Å²) in [5.41, 5.74) is 0.678. The molecule has 0 bridgehead atoms. The average molecular weight is 309 g/mol. The van der Waals surface area contributed by atoms with Crippen LogP contribution >= 0.6 is 11.6 Å². The third kappa shape index (κ3) is 3.76. The molecule has 0 radical (unpaired) electrons. The van der Waals surface area contributed by atoms with Gasteiger partial charge in [0.05, 0.1) is 11.0 Å². The van der Waals surface area contributed by atoms with Crippen LogP contribution in [0.2, 0.25) is 0 Å². The van der Waals surface area contributed by atoms with Gasteiger partial charge in [0.15, 0.2) is 0 Å². The summed E-state index contributed by atoms with van der Waals surface area (Å²) in [6.07, 6.45) is 0. The number of carbonyl (C=O) groups is 1. The number of hydrogen-bond donors (Lipinski definition) is 1. The van der Waals surface area contributed by atoms with Gasteiger partial charge in [0.1, 0.15) is 5.82 Å². The van der Waals surface area contributed by atoms with Crippen LogP contribution in [0.4, 0.5) is 15.8 Å². The molecule has 0 spiro atoms. The molecule has 2 aromatic carbocycles. The molecule has 7 heteroatoms. The van der Waals surface area contributed by atoms with Gasteiger partial charge < -0.3 is 5.32 Å². The summed E-state index contributed by atoms with van der Waals surface area (Å²) in [5, 5.41) is 13.2. The predicted octanol–water partition coefficient (Wildman–Crippen LogP) is 3.73. The SMILES string of the molecule is O=C(Nc1cccc(CCl)c1)c1cc(F)cc([N+](=O)[O-])c1. The minimum atomic E-state index is -0.844. The van der Waals surface area contributed by atoms with Crippen molar-refractivity contribution in [1.29, 1.82) is 0 Å². The van der Waals surface area contributed by atoms with Crippen molar-refractivity contribution in [2.75, 3.05) is 5.32 Å². The number of amides is 1. The Morgan fingerprint density at radius 3 is 2.71 bits per heavy atom. The van der Waals surface area contributed by atoms with Crippen LogP contribution in [-0.4, -0.2) is 10.8 Å². The summed E-state index contributed by atoms with van der Waals surface area (Å²) in [4.78, 5) is 21.9. The van der Waals surface area contributed by atoms with Crippen LogP contribution in [0.15, 0.2) is 42.5 Å². The molecular formula is C14H10ClFN2O3. The molecule has 0 aliphatic heterocycles. The van der Waals surface area contributed by atoms with Crippen molar-refractivity contribution < 1.29 is 14.1 Å². The number of nitro benzene ring substituents is 1. The van der Waals surface area contributed by atoms with E-state index < -0.39 is 22.3 Å². The highest BCUT2D eigenvalue weighted by atomic mass is 35.5.